The monoisotopic (exact) mass is 348 g/mol. The molecule has 0 bridgehead atoms. The van der Waals surface area contributed by atoms with E-state index in [1.165, 1.54) is 18.2 Å². The molecule has 0 atom stereocenters. The van der Waals surface area contributed by atoms with Gasteiger partial charge in [0.25, 0.3) is 0 Å². The summed E-state index contributed by atoms with van der Waals surface area (Å²) >= 11 is 0. The van der Waals surface area contributed by atoms with E-state index in [2.05, 4.69) is 4.74 Å². The van der Waals surface area contributed by atoms with Crippen LogP contribution in [-0.4, -0.2) is 6.36 Å². The Kier molecular flexibility index (Phi) is 4.82. The van der Waals surface area contributed by atoms with Gasteiger partial charge in [-0.3, -0.25) is 0 Å². The molecule has 1 nitrogen and oxygen atoms in total. The molecule has 0 aliphatic rings. The summed E-state index contributed by atoms with van der Waals surface area (Å²) in [5, 5.41) is 0. The second-order valence-electron chi connectivity index (χ2n) is 5.53. The fraction of sp³-hybridized carbons (Fsp3) is 0.294. The molecule has 0 unspecified atom stereocenters. The molecule has 0 radical (unpaired) electrons. The van der Waals surface area contributed by atoms with E-state index in [1.807, 2.05) is 0 Å². The molecule has 0 aliphatic carbocycles. The maximum absolute atomic E-state index is 12.9. The van der Waals surface area contributed by atoms with E-state index in [-0.39, 0.29) is 11.7 Å². The molecule has 2 aromatic rings. The second-order valence-corrected chi connectivity index (χ2v) is 5.53. The minimum absolute atomic E-state index is 0.187. The highest BCUT2D eigenvalue weighted by Gasteiger charge is 2.32. The van der Waals surface area contributed by atoms with Crippen molar-refractivity contribution in [1.82, 2.24) is 0 Å². The Labute approximate surface area is 134 Å². The van der Waals surface area contributed by atoms with E-state index in [9.17, 15) is 26.3 Å². The minimum Gasteiger partial charge on any atom is -0.406 e. The van der Waals surface area contributed by atoms with E-state index in [4.69, 9.17) is 0 Å². The lowest BCUT2D eigenvalue weighted by atomic mass is 9.91. The zero-order chi connectivity index (χ0) is 18.1. The molecule has 24 heavy (non-hydrogen) atoms. The third-order valence-corrected chi connectivity index (χ3v) is 3.40. The third-order valence-electron chi connectivity index (χ3n) is 3.40. The quantitative estimate of drug-likeness (QED) is 0.584. The smallest absolute Gasteiger partial charge is 0.406 e. The lowest BCUT2D eigenvalue weighted by Crippen LogP contribution is -2.16. The number of benzene rings is 2. The summed E-state index contributed by atoms with van der Waals surface area (Å²) in [6.07, 6.45) is -9.24. The van der Waals surface area contributed by atoms with Crippen molar-refractivity contribution >= 4 is 0 Å². The van der Waals surface area contributed by atoms with Crippen molar-refractivity contribution in [3.05, 3.63) is 53.6 Å². The molecule has 2 aromatic carbocycles. The van der Waals surface area contributed by atoms with Crippen LogP contribution in [-0.2, 0) is 6.18 Å². The Morgan fingerprint density at radius 3 is 1.88 bits per heavy atom. The van der Waals surface area contributed by atoms with Crippen LogP contribution in [0.25, 0.3) is 11.1 Å². The summed E-state index contributed by atoms with van der Waals surface area (Å²) in [5.41, 5.74) is 0.764. The van der Waals surface area contributed by atoms with Gasteiger partial charge in [-0.15, -0.1) is 13.2 Å². The topological polar surface area (TPSA) is 9.23 Å². The van der Waals surface area contributed by atoms with E-state index in [0.29, 0.717) is 16.7 Å². The van der Waals surface area contributed by atoms with Crippen molar-refractivity contribution < 1.29 is 31.1 Å². The number of alkyl halides is 6. The first-order chi connectivity index (χ1) is 11.0. The van der Waals surface area contributed by atoms with Gasteiger partial charge in [0.15, 0.2) is 0 Å². The predicted molar refractivity (Wildman–Crippen MR) is 77.7 cm³/mol. The Morgan fingerprint density at radius 1 is 0.833 bits per heavy atom. The van der Waals surface area contributed by atoms with E-state index >= 15 is 0 Å². The maximum atomic E-state index is 12.9. The van der Waals surface area contributed by atoms with Gasteiger partial charge in [0, 0.05) is 0 Å². The van der Waals surface area contributed by atoms with Crippen molar-refractivity contribution in [2.45, 2.75) is 32.3 Å². The number of rotatable bonds is 3. The normalized spacial score (nSPS) is 12.5. The first-order valence-corrected chi connectivity index (χ1v) is 7.04. The molecule has 0 N–H and O–H groups in total. The van der Waals surface area contributed by atoms with E-state index < -0.39 is 18.1 Å². The predicted octanol–water partition coefficient (Wildman–Crippen LogP) is 6.39. The highest BCUT2D eigenvalue weighted by Crippen LogP contribution is 2.36. The van der Waals surface area contributed by atoms with Crippen LogP contribution in [0.5, 0.6) is 5.75 Å². The Balaban J connectivity index is 2.41. The van der Waals surface area contributed by atoms with Gasteiger partial charge < -0.3 is 4.74 Å². The van der Waals surface area contributed by atoms with Gasteiger partial charge in [0.2, 0.25) is 0 Å². The second kappa shape index (κ2) is 6.37. The number of halogens is 6. The van der Waals surface area contributed by atoms with Crippen molar-refractivity contribution in [2.24, 2.45) is 0 Å². The number of hydrogen-bond acceptors (Lipinski definition) is 1. The van der Waals surface area contributed by atoms with E-state index in [0.717, 1.165) is 24.3 Å². The van der Waals surface area contributed by atoms with Crippen LogP contribution in [0, 0.1) is 0 Å². The molecular formula is C17H14F6O. The van der Waals surface area contributed by atoms with Crippen LogP contribution >= 0.6 is 0 Å². The zero-order valence-corrected chi connectivity index (χ0v) is 12.8. The largest absolute Gasteiger partial charge is 0.573 e. The Hall–Kier alpha value is -2.18. The van der Waals surface area contributed by atoms with Crippen LogP contribution in [0.3, 0.4) is 0 Å². The summed E-state index contributed by atoms with van der Waals surface area (Å²) in [6, 6.07) is 8.39. The molecule has 130 valence electrons. The Morgan fingerprint density at radius 2 is 1.42 bits per heavy atom. The molecule has 0 saturated carbocycles. The Bertz CT molecular complexity index is 699. The highest BCUT2D eigenvalue weighted by molar-refractivity contribution is 5.69. The molecule has 0 saturated heterocycles. The minimum atomic E-state index is -4.79. The molecule has 0 heterocycles. The van der Waals surface area contributed by atoms with Gasteiger partial charge in [-0.05, 0) is 46.9 Å². The van der Waals surface area contributed by atoms with Gasteiger partial charge in [0.1, 0.15) is 5.75 Å². The summed E-state index contributed by atoms with van der Waals surface area (Å²) in [4.78, 5) is 0. The lowest BCUT2D eigenvalue weighted by molar-refractivity contribution is -0.274. The molecule has 0 fully saturated rings. The average Bonchev–Trinajstić information content (AvgIpc) is 2.45. The number of ether oxygens (including phenoxy) is 1. The first kappa shape index (κ1) is 18.2. The summed E-state index contributed by atoms with van der Waals surface area (Å²) in [5.74, 6) is -0.572. The standard InChI is InChI=1S/C17H14F6O/c1-10(2)15-9-12(16(18,19)20)5-8-14(15)11-3-6-13(7-4-11)24-17(21,22)23/h3-10H,1-2H3. The SMILES string of the molecule is CC(C)c1cc(C(F)(F)F)ccc1-c1ccc(OC(F)(F)F)cc1. The maximum Gasteiger partial charge on any atom is 0.573 e. The van der Waals surface area contributed by atoms with Crippen molar-refractivity contribution in [3.8, 4) is 16.9 Å². The van der Waals surface area contributed by atoms with Gasteiger partial charge in [0.05, 0.1) is 5.56 Å². The van der Waals surface area contributed by atoms with Crippen molar-refractivity contribution in [1.29, 1.82) is 0 Å². The van der Waals surface area contributed by atoms with Gasteiger partial charge in [-0.1, -0.05) is 32.0 Å². The average molecular weight is 348 g/mol. The number of hydrogen-bond donors (Lipinski definition) is 0. The lowest BCUT2D eigenvalue weighted by Gasteiger charge is -2.17. The third kappa shape index (κ3) is 4.43. The molecule has 0 spiro atoms. The van der Waals surface area contributed by atoms with Crippen LogP contribution in [0.1, 0.15) is 30.9 Å². The molecular weight excluding hydrogens is 334 g/mol. The van der Waals surface area contributed by atoms with Crippen molar-refractivity contribution in [3.63, 3.8) is 0 Å². The molecule has 0 amide bonds. The van der Waals surface area contributed by atoms with Gasteiger partial charge in [-0.25, -0.2) is 0 Å². The van der Waals surface area contributed by atoms with Crippen LogP contribution < -0.4 is 4.74 Å². The van der Waals surface area contributed by atoms with Crippen LogP contribution in [0.2, 0.25) is 0 Å². The summed E-state index contributed by atoms with van der Waals surface area (Å²) < 4.78 is 78.8. The fourth-order valence-electron chi connectivity index (χ4n) is 2.32. The summed E-state index contributed by atoms with van der Waals surface area (Å²) in [6.45, 7) is 3.50. The fourth-order valence-corrected chi connectivity index (χ4v) is 2.32. The zero-order valence-electron chi connectivity index (χ0n) is 12.8. The van der Waals surface area contributed by atoms with Gasteiger partial charge in [-0.2, -0.15) is 13.2 Å². The van der Waals surface area contributed by atoms with E-state index in [1.54, 1.807) is 13.8 Å². The molecule has 0 aromatic heterocycles. The van der Waals surface area contributed by atoms with Crippen molar-refractivity contribution in [2.75, 3.05) is 0 Å². The molecule has 0 aliphatic heterocycles. The first-order valence-electron chi connectivity index (χ1n) is 7.04. The molecule has 7 heteroatoms. The van der Waals surface area contributed by atoms with Gasteiger partial charge >= 0.3 is 12.5 Å². The van der Waals surface area contributed by atoms with Crippen LogP contribution in [0.15, 0.2) is 42.5 Å². The summed E-state index contributed by atoms with van der Waals surface area (Å²) in [7, 11) is 0. The molecule has 2 rings (SSSR count). The highest BCUT2D eigenvalue weighted by atomic mass is 19.4. The van der Waals surface area contributed by atoms with Crippen LogP contribution in [0.4, 0.5) is 26.3 Å².